The van der Waals surface area contributed by atoms with Gasteiger partial charge in [0.2, 0.25) is 0 Å². The third kappa shape index (κ3) is 4.42. The van der Waals surface area contributed by atoms with Crippen molar-refractivity contribution in [2.75, 3.05) is 13.2 Å². The summed E-state index contributed by atoms with van der Waals surface area (Å²) < 4.78 is 5.44. The van der Waals surface area contributed by atoms with Gasteiger partial charge in [-0.1, -0.05) is 30.3 Å². The summed E-state index contributed by atoms with van der Waals surface area (Å²) in [5.41, 5.74) is 1.30. The molecule has 1 aliphatic heterocycles. The second-order valence-electron chi connectivity index (χ2n) is 6.14. The van der Waals surface area contributed by atoms with Gasteiger partial charge in [-0.25, -0.2) is 9.78 Å². The van der Waals surface area contributed by atoms with Gasteiger partial charge in [-0.05, 0) is 36.5 Å². The Bertz CT molecular complexity index is 725. The Morgan fingerprint density at radius 3 is 2.64 bits per heavy atom. The van der Waals surface area contributed by atoms with Crippen LogP contribution in [0.3, 0.4) is 0 Å². The second kappa shape index (κ2) is 7.90. The molecule has 2 aromatic rings. The molecule has 0 spiro atoms. The van der Waals surface area contributed by atoms with Gasteiger partial charge in [0, 0.05) is 19.4 Å². The molecule has 1 aromatic carbocycles. The van der Waals surface area contributed by atoms with E-state index in [4.69, 9.17) is 9.84 Å². The second-order valence-corrected chi connectivity index (χ2v) is 6.14. The van der Waals surface area contributed by atoms with E-state index in [0.717, 1.165) is 25.0 Å². The van der Waals surface area contributed by atoms with Crippen LogP contribution in [-0.4, -0.2) is 35.2 Å². The number of nitrogens with zero attached hydrogens (tertiary/aromatic N) is 1. The van der Waals surface area contributed by atoms with Crippen molar-refractivity contribution in [3.05, 3.63) is 65.5 Å². The van der Waals surface area contributed by atoms with E-state index in [0.29, 0.717) is 18.1 Å². The predicted octanol–water partition coefficient (Wildman–Crippen LogP) is 2.68. The lowest BCUT2D eigenvalue weighted by molar-refractivity contribution is 0.0689. The third-order valence-corrected chi connectivity index (χ3v) is 4.35. The highest BCUT2D eigenvalue weighted by molar-refractivity contribution is 5.95. The van der Waals surface area contributed by atoms with Gasteiger partial charge in [0.25, 0.3) is 5.91 Å². The Morgan fingerprint density at radius 1 is 1.24 bits per heavy atom. The number of carboxylic acid groups (broad SMARTS) is 1. The molecule has 6 nitrogen and oxygen atoms in total. The van der Waals surface area contributed by atoms with E-state index >= 15 is 0 Å². The number of pyridine rings is 1. The summed E-state index contributed by atoms with van der Waals surface area (Å²) in [6.45, 7) is 1.48. The fourth-order valence-corrected chi connectivity index (χ4v) is 2.96. The van der Waals surface area contributed by atoms with E-state index in [2.05, 4.69) is 10.3 Å². The monoisotopic (exact) mass is 340 g/mol. The number of carboxylic acids is 1. The zero-order chi connectivity index (χ0) is 17.6. The van der Waals surface area contributed by atoms with E-state index in [9.17, 15) is 9.59 Å². The van der Waals surface area contributed by atoms with Crippen LogP contribution in [0, 0.1) is 5.92 Å². The summed E-state index contributed by atoms with van der Waals surface area (Å²) >= 11 is 0. The summed E-state index contributed by atoms with van der Waals surface area (Å²) in [6, 6.07) is 12.5. The minimum atomic E-state index is -1.12. The molecular weight excluding hydrogens is 320 g/mol. The maximum absolute atomic E-state index is 12.6. The van der Waals surface area contributed by atoms with Crippen LogP contribution in [0.2, 0.25) is 0 Å². The van der Waals surface area contributed by atoms with E-state index < -0.39 is 5.97 Å². The van der Waals surface area contributed by atoms with Crippen LogP contribution in [0.1, 0.15) is 45.3 Å². The minimum Gasteiger partial charge on any atom is -0.477 e. The van der Waals surface area contributed by atoms with E-state index in [1.807, 2.05) is 30.3 Å². The normalized spacial score (nSPS) is 17.8. The zero-order valence-electron chi connectivity index (χ0n) is 13.7. The quantitative estimate of drug-likeness (QED) is 0.844. The highest BCUT2D eigenvalue weighted by Gasteiger charge is 2.23. The number of ether oxygens (including phenoxy) is 1. The SMILES string of the molecule is O=C(NC(CC1CCOC1)c1ccccc1)c1ccc(C(=O)O)nc1. The Morgan fingerprint density at radius 2 is 2.04 bits per heavy atom. The Kier molecular flexibility index (Phi) is 5.40. The van der Waals surface area contributed by atoms with Crippen molar-refractivity contribution < 1.29 is 19.4 Å². The molecule has 0 radical (unpaired) electrons. The summed E-state index contributed by atoms with van der Waals surface area (Å²) in [5, 5.41) is 11.9. The molecule has 2 unspecified atom stereocenters. The fraction of sp³-hybridized carbons (Fsp3) is 0.316. The number of rotatable bonds is 6. The molecule has 1 aliphatic rings. The van der Waals surface area contributed by atoms with Crippen molar-refractivity contribution >= 4 is 11.9 Å². The molecule has 1 saturated heterocycles. The first-order valence-corrected chi connectivity index (χ1v) is 8.26. The summed E-state index contributed by atoms with van der Waals surface area (Å²) in [5.74, 6) is -0.967. The average Bonchev–Trinajstić information content (AvgIpc) is 3.15. The van der Waals surface area contributed by atoms with Crippen LogP contribution in [0.15, 0.2) is 48.7 Å². The smallest absolute Gasteiger partial charge is 0.354 e. The molecule has 1 fully saturated rings. The van der Waals surface area contributed by atoms with Crippen molar-refractivity contribution in [1.82, 2.24) is 10.3 Å². The van der Waals surface area contributed by atoms with Gasteiger partial charge < -0.3 is 15.2 Å². The van der Waals surface area contributed by atoms with Crippen molar-refractivity contribution in [3.63, 3.8) is 0 Å². The first-order valence-electron chi connectivity index (χ1n) is 8.26. The van der Waals surface area contributed by atoms with Gasteiger partial charge in [0.05, 0.1) is 11.6 Å². The molecule has 2 heterocycles. The number of hydrogen-bond acceptors (Lipinski definition) is 4. The van der Waals surface area contributed by atoms with Crippen LogP contribution in [0.5, 0.6) is 0 Å². The van der Waals surface area contributed by atoms with E-state index in [-0.39, 0.29) is 17.6 Å². The van der Waals surface area contributed by atoms with Crippen molar-refractivity contribution in [2.24, 2.45) is 5.92 Å². The maximum atomic E-state index is 12.6. The molecule has 130 valence electrons. The topological polar surface area (TPSA) is 88.5 Å². The molecule has 2 N–H and O–H groups in total. The molecule has 0 saturated carbocycles. The molecule has 0 bridgehead atoms. The number of carbonyl (C=O) groups is 2. The predicted molar refractivity (Wildman–Crippen MR) is 91.4 cm³/mol. The van der Waals surface area contributed by atoms with Gasteiger partial charge >= 0.3 is 5.97 Å². The van der Waals surface area contributed by atoms with Gasteiger partial charge in [-0.2, -0.15) is 0 Å². The largest absolute Gasteiger partial charge is 0.477 e. The first-order chi connectivity index (χ1) is 12.1. The lowest BCUT2D eigenvalue weighted by atomic mass is 9.94. The number of hydrogen-bond donors (Lipinski definition) is 2. The van der Waals surface area contributed by atoms with Crippen LogP contribution in [0.4, 0.5) is 0 Å². The molecule has 6 heteroatoms. The molecule has 3 rings (SSSR count). The number of amides is 1. The number of benzene rings is 1. The summed E-state index contributed by atoms with van der Waals surface area (Å²) in [4.78, 5) is 27.2. The van der Waals surface area contributed by atoms with Crippen LogP contribution in [0.25, 0.3) is 0 Å². The summed E-state index contributed by atoms with van der Waals surface area (Å²) in [6.07, 6.45) is 3.09. The molecule has 0 aliphatic carbocycles. The van der Waals surface area contributed by atoms with Crippen LogP contribution < -0.4 is 5.32 Å². The van der Waals surface area contributed by atoms with Crippen molar-refractivity contribution in [3.8, 4) is 0 Å². The number of nitrogens with one attached hydrogen (secondary N) is 1. The minimum absolute atomic E-state index is 0.0840. The van der Waals surface area contributed by atoms with Gasteiger partial charge in [-0.3, -0.25) is 4.79 Å². The lowest BCUT2D eigenvalue weighted by Gasteiger charge is -2.22. The molecule has 1 amide bonds. The average molecular weight is 340 g/mol. The number of aromatic carboxylic acids is 1. The zero-order valence-corrected chi connectivity index (χ0v) is 13.7. The first kappa shape index (κ1) is 17.1. The van der Waals surface area contributed by atoms with Crippen molar-refractivity contribution in [1.29, 1.82) is 0 Å². The fourth-order valence-electron chi connectivity index (χ4n) is 2.96. The molecule has 25 heavy (non-hydrogen) atoms. The Labute approximate surface area is 145 Å². The van der Waals surface area contributed by atoms with Crippen LogP contribution >= 0.6 is 0 Å². The summed E-state index contributed by atoms with van der Waals surface area (Å²) in [7, 11) is 0. The van der Waals surface area contributed by atoms with Crippen molar-refractivity contribution in [2.45, 2.75) is 18.9 Å². The highest BCUT2D eigenvalue weighted by Crippen LogP contribution is 2.26. The molecular formula is C19H20N2O4. The third-order valence-electron chi connectivity index (χ3n) is 4.35. The highest BCUT2D eigenvalue weighted by atomic mass is 16.5. The lowest BCUT2D eigenvalue weighted by Crippen LogP contribution is -2.30. The Hall–Kier alpha value is -2.73. The number of aromatic nitrogens is 1. The van der Waals surface area contributed by atoms with Gasteiger partial charge in [-0.15, -0.1) is 0 Å². The van der Waals surface area contributed by atoms with E-state index in [1.54, 1.807) is 0 Å². The van der Waals surface area contributed by atoms with Crippen LogP contribution in [-0.2, 0) is 4.74 Å². The van der Waals surface area contributed by atoms with E-state index in [1.165, 1.54) is 18.3 Å². The number of carbonyl (C=O) groups excluding carboxylic acids is 1. The molecule has 2 atom stereocenters. The Balaban J connectivity index is 1.74. The molecule has 1 aromatic heterocycles. The standard InChI is InChI=1S/C19H20N2O4/c22-18(15-6-7-16(19(23)24)20-11-15)21-17(10-13-8-9-25-12-13)14-4-2-1-3-5-14/h1-7,11,13,17H,8-10,12H2,(H,21,22)(H,23,24). The van der Waals surface area contributed by atoms with Gasteiger partial charge in [0.1, 0.15) is 5.69 Å². The maximum Gasteiger partial charge on any atom is 0.354 e. The van der Waals surface area contributed by atoms with Gasteiger partial charge in [0.15, 0.2) is 0 Å².